The Hall–Kier alpha value is -4.75. The number of thiophene rings is 1. The molecule has 48 heavy (non-hydrogen) atoms. The molecule has 2 aliphatic rings. The van der Waals surface area contributed by atoms with E-state index < -0.39 is 0 Å². The number of hydrogen-bond acceptors (Lipinski definition) is 6. The zero-order valence-corrected chi connectivity index (χ0v) is 29.6. The number of anilines is 1. The van der Waals surface area contributed by atoms with Gasteiger partial charge < -0.3 is 9.47 Å². The fourth-order valence-corrected chi connectivity index (χ4v) is 9.15. The molecule has 5 heterocycles. The molecule has 7 aromatic rings. The Bertz CT molecular complexity index is 2480. The largest absolute Gasteiger partial charge is 0.327 e. The normalized spacial score (nSPS) is 19.1. The Morgan fingerprint density at radius 2 is 1.27 bits per heavy atom. The highest BCUT2D eigenvalue weighted by Crippen LogP contribution is 2.55. The van der Waals surface area contributed by atoms with E-state index >= 15 is 0 Å². The molecule has 0 N–H and O–H groups in total. The van der Waals surface area contributed by atoms with Crippen molar-refractivity contribution < 1.29 is 0 Å². The van der Waals surface area contributed by atoms with Gasteiger partial charge in [-0.3, -0.25) is 4.90 Å². The van der Waals surface area contributed by atoms with Crippen molar-refractivity contribution in [2.75, 3.05) is 4.90 Å². The van der Waals surface area contributed by atoms with Crippen LogP contribution in [-0.2, 0) is 0 Å². The maximum absolute atomic E-state index is 5.55. The summed E-state index contributed by atoms with van der Waals surface area (Å²) in [5, 5.41) is 4.68. The number of hydrogen-bond donors (Lipinski definition) is 0. The van der Waals surface area contributed by atoms with Crippen LogP contribution in [0.2, 0.25) is 0 Å². The molecule has 0 atom stereocenters. The van der Waals surface area contributed by atoms with Gasteiger partial charge in [-0.15, -0.1) is 11.3 Å². The SMILES string of the molecule is CC1(C)N=C2N(c3nc(-c4ccc5c(c4)c4ccccc4n5-c4ccccc4)nc4sc5ccccc5c34)C(C)(C)C(C)(C)N2C1(C)C. The van der Waals surface area contributed by atoms with Crippen molar-refractivity contribution in [1.29, 1.82) is 0 Å². The Morgan fingerprint density at radius 3 is 2.04 bits per heavy atom. The summed E-state index contributed by atoms with van der Waals surface area (Å²) in [6, 6.07) is 34.6. The smallest absolute Gasteiger partial charge is 0.204 e. The summed E-state index contributed by atoms with van der Waals surface area (Å²) in [4.78, 5) is 22.3. The Labute approximate surface area is 285 Å². The highest BCUT2D eigenvalue weighted by molar-refractivity contribution is 7.25. The van der Waals surface area contributed by atoms with E-state index in [1.165, 1.54) is 26.4 Å². The van der Waals surface area contributed by atoms with Crippen LogP contribution in [0.3, 0.4) is 0 Å². The third-order valence-electron chi connectivity index (χ3n) is 11.8. The molecule has 0 radical (unpaired) electrons. The topological polar surface area (TPSA) is 49.6 Å². The number of aliphatic imine (C=N–C) groups is 1. The van der Waals surface area contributed by atoms with E-state index in [1.54, 1.807) is 11.3 Å². The predicted octanol–water partition coefficient (Wildman–Crippen LogP) is 10.2. The lowest BCUT2D eigenvalue weighted by atomic mass is 9.76. The van der Waals surface area contributed by atoms with Gasteiger partial charge in [-0.25, -0.2) is 15.0 Å². The summed E-state index contributed by atoms with van der Waals surface area (Å²) in [7, 11) is 0. The summed E-state index contributed by atoms with van der Waals surface area (Å²) in [5.74, 6) is 2.64. The molecule has 6 nitrogen and oxygen atoms in total. The first kappa shape index (κ1) is 29.4. The molecule has 1 fully saturated rings. The summed E-state index contributed by atoms with van der Waals surface area (Å²) in [5.41, 5.74) is 3.47. The molecular formula is C41H40N6S. The quantitative estimate of drug-likeness (QED) is 0.191. The van der Waals surface area contributed by atoms with Crippen LogP contribution in [0.5, 0.6) is 0 Å². The van der Waals surface area contributed by atoms with Gasteiger partial charge in [-0.1, -0.05) is 54.6 Å². The van der Waals surface area contributed by atoms with Gasteiger partial charge in [0.25, 0.3) is 0 Å². The second-order valence-corrected chi connectivity index (χ2v) is 16.4. The fraction of sp³-hybridized carbons (Fsp3) is 0.293. The molecule has 4 aromatic carbocycles. The molecule has 7 heteroatoms. The summed E-state index contributed by atoms with van der Waals surface area (Å²) < 4.78 is 3.56. The molecule has 0 amide bonds. The Balaban J connectivity index is 1.32. The van der Waals surface area contributed by atoms with E-state index in [0.717, 1.165) is 44.6 Å². The van der Waals surface area contributed by atoms with Crippen molar-refractivity contribution in [1.82, 2.24) is 19.4 Å². The van der Waals surface area contributed by atoms with Gasteiger partial charge in [-0.05, 0) is 97.9 Å². The third-order valence-corrected chi connectivity index (χ3v) is 12.9. The maximum Gasteiger partial charge on any atom is 0.204 e. The molecule has 2 aliphatic heterocycles. The predicted molar refractivity (Wildman–Crippen MR) is 203 cm³/mol. The minimum Gasteiger partial charge on any atom is -0.327 e. The number of rotatable bonds is 3. The molecule has 9 rings (SSSR count). The van der Waals surface area contributed by atoms with E-state index in [9.17, 15) is 0 Å². The van der Waals surface area contributed by atoms with E-state index in [-0.39, 0.29) is 22.2 Å². The molecule has 1 saturated heterocycles. The van der Waals surface area contributed by atoms with Crippen molar-refractivity contribution in [3.63, 3.8) is 0 Å². The van der Waals surface area contributed by atoms with Crippen molar-refractivity contribution in [3.05, 3.63) is 97.1 Å². The minimum absolute atomic E-state index is 0.193. The van der Waals surface area contributed by atoms with Crippen LogP contribution in [0, 0.1) is 0 Å². The number of fused-ring (bicyclic) bond motifs is 7. The molecule has 0 unspecified atom stereocenters. The van der Waals surface area contributed by atoms with E-state index in [4.69, 9.17) is 15.0 Å². The average molecular weight is 649 g/mol. The first-order valence-corrected chi connectivity index (χ1v) is 17.6. The number of benzene rings is 4. The number of para-hydroxylation sites is 2. The molecule has 0 bridgehead atoms. The van der Waals surface area contributed by atoms with Gasteiger partial charge >= 0.3 is 0 Å². The van der Waals surface area contributed by atoms with Crippen LogP contribution < -0.4 is 4.90 Å². The van der Waals surface area contributed by atoms with Gasteiger partial charge in [0.1, 0.15) is 10.6 Å². The molecule has 0 aliphatic carbocycles. The summed E-state index contributed by atoms with van der Waals surface area (Å²) >= 11 is 1.74. The first-order chi connectivity index (χ1) is 22.8. The van der Waals surface area contributed by atoms with Crippen LogP contribution in [0.15, 0.2) is 102 Å². The van der Waals surface area contributed by atoms with Crippen LogP contribution in [0.1, 0.15) is 55.4 Å². The molecule has 240 valence electrons. The Morgan fingerprint density at radius 1 is 0.604 bits per heavy atom. The van der Waals surface area contributed by atoms with Gasteiger partial charge in [0.2, 0.25) is 5.96 Å². The third kappa shape index (κ3) is 3.65. The lowest BCUT2D eigenvalue weighted by molar-refractivity contribution is 0.0528. The molecule has 0 saturated carbocycles. The average Bonchev–Trinajstić information content (AvgIpc) is 3.69. The minimum atomic E-state index is -0.325. The second-order valence-electron chi connectivity index (χ2n) is 15.4. The first-order valence-electron chi connectivity index (χ1n) is 16.8. The second kappa shape index (κ2) is 9.44. The number of aromatic nitrogens is 3. The standard InChI is InChI=1S/C41H40N6S/c1-38(2)39(3,4)47-37(44-38)46(40(5,6)41(47,7)8)35-33-28-19-13-15-21-32(28)48-36(33)43-34(42-35)25-22-23-31-29(24-25)27-18-12-14-20-30(27)45(31)26-16-10-9-11-17-26/h9-24H,1-8H3. The molecule has 0 spiro atoms. The van der Waals surface area contributed by atoms with Crippen molar-refractivity contribution in [3.8, 4) is 17.1 Å². The zero-order valence-electron chi connectivity index (χ0n) is 28.8. The van der Waals surface area contributed by atoms with Gasteiger partial charge in [-0.2, -0.15) is 0 Å². The molecular weight excluding hydrogens is 609 g/mol. The van der Waals surface area contributed by atoms with Gasteiger partial charge in [0.15, 0.2) is 5.82 Å². The van der Waals surface area contributed by atoms with Crippen LogP contribution >= 0.6 is 11.3 Å². The van der Waals surface area contributed by atoms with E-state index in [2.05, 4.69) is 167 Å². The summed E-state index contributed by atoms with van der Waals surface area (Å²) in [6.45, 7) is 18.5. The van der Waals surface area contributed by atoms with E-state index in [0.29, 0.717) is 0 Å². The van der Waals surface area contributed by atoms with E-state index in [1.807, 2.05) is 0 Å². The number of nitrogens with zero attached hydrogens (tertiary/aromatic N) is 6. The maximum atomic E-state index is 5.55. The van der Waals surface area contributed by atoms with Crippen molar-refractivity contribution in [2.24, 2.45) is 4.99 Å². The summed E-state index contributed by atoms with van der Waals surface area (Å²) in [6.07, 6.45) is 0. The highest BCUT2D eigenvalue weighted by Gasteiger charge is 2.66. The van der Waals surface area contributed by atoms with Crippen LogP contribution in [0.4, 0.5) is 5.82 Å². The zero-order chi connectivity index (χ0) is 33.4. The molecule has 3 aromatic heterocycles. The van der Waals surface area contributed by atoms with Gasteiger partial charge in [0, 0.05) is 32.1 Å². The van der Waals surface area contributed by atoms with Crippen molar-refractivity contribution in [2.45, 2.75) is 77.5 Å². The fourth-order valence-electron chi connectivity index (χ4n) is 8.08. The highest BCUT2D eigenvalue weighted by atomic mass is 32.1. The van der Waals surface area contributed by atoms with Crippen LogP contribution in [-0.4, -0.2) is 47.6 Å². The number of guanidine groups is 1. The lowest BCUT2D eigenvalue weighted by Gasteiger charge is -2.50. The van der Waals surface area contributed by atoms with Gasteiger partial charge in [0.05, 0.1) is 38.6 Å². The monoisotopic (exact) mass is 648 g/mol. The Kier molecular flexibility index (Phi) is 5.78. The van der Waals surface area contributed by atoms with Crippen molar-refractivity contribution >= 4 is 65.2 Å². The lowest BCUT2D eigenvalue weighted by Crippen LogP contribution is -2.63. The van der Waals surface area contributed by atoms with Crippen LogP contribution in [0.25, 0.3) is 59.2 Å².